The number of nitrogens with zero attached hydrogens (tertiary/aromatic N) is 3. The molecule has 1 saturated heterocycles. The number of imidazole rings is 1. The van der Waals surface area contributed by atoms with Gasteiger partial charge in [-0.05, 0) is 45.4 Å². The van der Waals surface area contributed by atoms with E-state index in [1.165, 1.54) is 12.1 Å². The van der Waals surface area contributed by atoms with Crippen LogP contribution < -0.4 is 5.32 Å². The summed E-state index contributed by atoms with van der Waals surface area (Å²) in [6, 6.07) is 4.46. The number of rotatable bonds is 3. The molecule has 0 bridgehead atoms. The zero-order valence-corrected chi connectivity index (χ0v) is 15.3. The van der Waals surface area contributed by atoms with Crippen LogP contribution in [0.4, 0.5) is 9.18 Å². The molecule has 2 N–H and O–H groups in total. The molecule has 1 aromatic heterocycles. The summed E-state index contributed by atoms with van der Waals surface area (Å²) in [6.07, 6.45) is 0.959. The number of likely N-dealkylation sites (tertiary alicyclic amines) is 1. The molecule has 3 rings (SSSR count). The average molecular weight is 347 g/mol. The summed E-state index contributed by atoms with van der Waals surface area (Å²) < 4.78 is 13.3. The number of hydrogen-bond donors (Lipinski definition) is 2. The Morgan fingerprint density at radius 2 is 2.24 bits per heavy atom. The standard InChI is InChI=1S/C18H26FN5O/c1-18(2,3)24-8-7-13(10-24)20-17(25)23(4)11-16-21-14-6-5-12(19)9-15(14)22-16/h5-6,9,13H,7-8,10-11H2,1-4H3,(H,20,25)(H,21,22)/t13-/m0/s1. The van der Waals surface area contributed by atoms with E-state index in [-0.39, 0.29) is 23.4 Å². The minimum Gasteiger partial charge on any atom is -0.340 e. The molecular weight excluding hydrogens is 321 g/mol. The molecule has 0 spiro atoms. The summed E-state index contributed by atoms with van der Waals surface area (Å²) in [6.45, 7) is 8.77. The van der Waals surface area contributed by atoms with Gasteiger partial charge in [-0.25, -0.2) is 14.2 Å². The third kappa shape index (κ3) is 4.10. The molecule has 2 amide bonds. The number of halogens is 1. The van der Waals surface area contributed by atoms with Gasteiger partial charge in [0, 0.05) is 31.7 Å². The van der Waals surface area contributed by atoms with E-state index < -0.39 is 0 Å². The second-order valence-corrected chi connectivity index (χ2v) is 7.75. The van der Waals surface area contributed by atoms with Gasteiger partial charge in [-0.1, -0.05) is 0 Å². The molecule has 0 aliphatic carbocycles. The molecule has 25 heavy (non-hydrogen) atoms. The van der Waals surface area contributed by atoms with Crippen LogP contribution in [0.5, 0.6) is 0 Å². The second-order valence-electron chi connectivity index (χ2n) is 7.75. The van der Waals surface area contributed by atoms with Gasteiger partial charge in [0.1, 0.15) is 11.6 Å². The van der Waals surface area contributed by atoms with Crippen molar-refractivity contribution in [2.75, 3.05) is 20.1 Å². The van der Waals surface area contributed by atoms with Crippen molar-refractivity contribution in [1.29, 1.82) is 0 Å². The van der Waals surface area contributed by atoms with Gasteiger partial charge in [-0.2, -0.15) is 0 Å². The van der Waals surface area contributed by atoms with Gasteiger partial charge >= 0.3 is 6.03 Å². The van der Waals surface area contributed by atoms with E-state index in [1.54, 1.807) is 18.0 Å². The predicted octanol–water partition coefficient (Wildman–Crippen LogP) is 2.72. The molecule has 0 saturated carbocycles. The molecule has 136 valence electrons. The van der Waals surface area contributed by atoms with Crippen molar-refractivity contribution in [3.05, 3.63) is 29.8 Å². The summed E-state index contributed by atoms with van der Waals surface area (Å²) in [4.78, 5) is 23.9. The Bertz CT molecular complexity index is 766. The maximum Gasteiger partial charge on any atom is 0.317 e. The van der Waals surface area contributed by atoms with Gasteiger partial charge in [0.25, 0.3) is 0 Å². The summed E-state index contributed by atoms with van der Waals surface area (Å²) in [7, 11) is 1.74. The Hall–Kier alpha value is -2.15. The number of amides is 2. The smallest absolute Gasteiger partial charge is 0.317 e. The number of H-pyrrole nitrogens is 1. The number of benzene rings is 1. The SMILES string of the molecule is CN(Cc1nc2ccc(F)cc2[nH]1)C(=O)N[C@H]1CCN(C(C)(C)C)C1. The van der Waals surface area contributed by atoms with Crippen LogP contribution in [-0.4, -0.2) is 57.5 Å². The fourth-order valence-electron chi connectivity index (χ4n) is 3.18. The van der Waals surface area contributed by atoms with E-state index in [9.17, 15) is 9.18 Å². The van der Waals surface area contributed by atoms with Gasteiger partial charge in [0.15, 0.2) is 0 Å². The van der Waals surface area contributed by atoms with E-state index in [2.05, 4.69) is 41.0 Å². The molecule has 2 heterocycles. The molecule has 1 aromatic carbocycles. The molecule has 7 heteroatoms. The van der Waals surface area contributed by atoms with Gasteiger partial charge in [0.2, 0.25) is 0 Å². The Kier molecular flexibility index (Phi) is 4.69. The van der Waals surface area contributed by atoms with Crippen LogP contribution in [0.1, 0.15) is 33.0 Å². The van der Waals surface area contributed by atoms with Crippen molar-refractivity contribution in [2.24, 2.45) is 0 Å². The van der Waals surface area contributed by atoms with E-state index in [1.807, 2.05) is 0 Å². The van der Waals surface area contributed by atoms with Crippen LogP contribution in [0, 0.1) is 5.82 Å². The minimum absolute atomic E-state index is 0.118. The van der Waals surface area contributed by atoms with Crippen LogP contribution >= 0.6 is 0 Å². The number of fused-ring (bicyclic) bond motifs is 1. The zero-order chi connectivity index (χ0) is 18.2. The highest BCUT2D eigenvalue weighted by molar-refractivity contribution is 5.76. The summed E-state index contributed by atoms with van der Waals surface area (Å²) in [5.41, 5.74) is 1.46. The molecule has 2 aromatic rings. The third-order valence-electron chi connectivity index (χ3n) is 4.69. The van der Waals surface area contributed by atoms with Crippen molar-refractivity contribution in [2.45, 2.75) is 45.3 Å². The molecule has 1 atom stereocenters. The monoisotopic (exact) mass is 347 g/mol. The average Bonchev–Trinajstić information content (AvgIpc) is 3.12. The first-order valence-electron chi connectivity index (χ1n) is 8.63. The number of aromatic amines is 1. The molecule has 0 radical (unpaired) electrons. The van der Waals surface area contributed by atoms with Crippen LogP contribution in [-0.2, 0) is 6.54 Å². The summed E-state index contributed by atoms with van der Waals surface area (Å²) in [5.74, 6) is 0.333. The Morgan fingerprint density at radius 1 is 1.48 bits per heavy atom. The molecule has 1 aliphatic heterocycles. The molecule has 1 fully saturated rings. The van der Waals surface area contributed by atoms with Crippen molar-refractivity contribution in [3.8, 4) is 0 Å². The van der Waals surface area contributed by atoms with Gasteiger partial charge < -0.3 is 15.2 Å². The Morgan fingerprint density at radius 3 is 2.92 bits per heavy atom. The van der Waals surface area contributed by atoms with E-state index in [0.717, 1.165) is 19.5 Å². The van der Waals surface area contributed by atoms with Crippen LogP contribution in [0.2, 0.25) is 0 Å². The number of nitrogens with one attached hydrogen (secondary N) is 2. The van der Waals surface area contributed by atoms with Crippen LogP contribution in [0.15, 0.2) is 18.2 Å². The fourth-order valence-corrected chi connectivity index (χ4v) is 3.18. The maximum atomic E-state index is 13.3. The number of carbonyl (C=O) groups is 1. The number of hydrogen-bond acceptors (Lipinski definition) is 3. The number of urea groups is 1. The normalized spacial score (nSPS) is 18.7. The molecular formula is C18H26FN5O. The first-order chi connectivity index (χ1) is 11.7. The third-order valence-corrected chi connectivity index (χ3v) is 4.69. The second kappa shape index (κ2) is 6.63. The highest BCUT2D eigenvalue weighted by atomic mass is 19.1. The van der Waals surface area contributed by atoms with Crippen molar-refractivity contribution < 1.29 is 9.18 Å². The largest absolute Gasteiger partial charge is 0.340 e. The predicted molar refractivity (Wildman–Crippen MR) is 95.8 cm³/mol. The lowest BCUT2D eigenvalue weighted by Crippen LogP contribution is -2.46. The van der Waals surface area contributed by atoms with E-state index >= 15 is 0 Å². The lowest BCUT2D eigenvalue weighted by molar-refractivity contribution is 0.168. The first-order valence-corrected chi connectivity index (χ1v) is 8.63. The van der Waals surface area contributed by atoms with E-state index in [4.69, 9.17) is 0 Å². The number of aromatic nitrogens is 2. The van der Waals surface area contributed by atoms with Crippen LogP contribution in [0.25, 0.3) is 11.0 Å². The van der Waals surface area contributed by atoms with Gasteiger partial charge in [-0.3, -0.25) is 4.90 Å². The topological polar surface area (TPSA) is 64.3 Å². The zero-order valence-electron chi connectivity index (χ0n) is 15.3. The van der Waals surface area contributed by atoms with E-state index in [0.29, 0.717) is 23.4 Å². The molecule has 6 nitrogen and oxygen atoms in total. The highest BCUT2D eigenvalue weighted by Crippen LogP contribution is 2.20. The fraction of sp³-hybridized carbons (Fsp3) is 0.556. The first kappa shape index (κ1) is 17.7. The molecule has 0 unspecified atom stereocenters. The highest BCUT2D eigenvalue weighted by Gasteiger charge is 2.31. The molecule has 1 aliphatic rings. The van der Waals surface area contributed by atoms with Crippen molar-refractivity contribution >= 4 is 17.1 Å². The lowest BCUT2D eigenvalue weighted by Gasteiger charge is -2.31. The van der Waals surface area contributed by atoms with Crippen molar-refractivity contribution in [1.82, 2.24) is 25.1 Å². The number of carbonyl (C=O) groups excluding carboxylic acids is 1. The van der Waals surface area contributed by atoms with Gasteiger partial charge in [0.05, 0.1) is 17.6 Å². The Labute approximate surface area is 147 Å². The summed E-state index contributed by atoms with van der Waals surface area (Å²) >= 11 is 0. The quantitative estimate of drug-likeness (QED) is 0.897. The minimum atomic E-state index is -0.307. The maximum absolute atomic E-state index is 13.3. The van der Waals surface area contributed by atoms with Crippen molar-refractivity contribution in [3.63, 3.8) is 0 Å². The Balaban J connectivity index is 1.57. The summed E-state index contributed by atoms with van der Waals surface area (Å²) in [5, 5.41) is 3.09. The van der Waals surface area contributed by atoms with Crippen LogP contribution in [0.3, 0.4) is 0 Å². The lowest BCUT2D eigenvalue weighted by atomic mass is 10.1. The van der Waals surface area contributed by atoms with Gasteiger partial charge in [-0.15, -0.1) is 0 Å².